The molecule has 0 bridgehead atoms. The number of hydrogen-bond acceptors (Lipinski definition) is 2. The second kappa shape index (κ2) is 8.53. The van der Waals surface area contributed by atoms with Gasteiger partial charge in [0.25, 0.3) is 0 Å². The third-order valence-corrected chi connectivity index (χ3v) is 3.85. The molecule has 136 valence electrons. The van der Waals surface area contributed by atoms with Crippen LogP contribution in [0.4, 0.5) is 18.9 Å². The predicted octanol–water partition coefficient (Wildman–Crippen LogP) is 5.54. The van der Waals surface area contributed by atoms with Gasteiger partial charge >= 0.3 is 6.18 Å². The van der Waals surface area contributed by atoms with Gasteiger partial charge in [-0.3, -0.25) is 10.1 Å². The van der Waals surface area contributed by atoms with Crippen LogP contribution in [0.2, 0.25) is 10.0 Å². The van der Waals surface area contributed by atoms with Gasteiger partial charge in [-0.1, -0.05) is 35.3 Å². The average molecular weight is 419 g/mol. The van der Waals surface area contributed by atoms with Gasteiger partial charge in [-0.05, 0) is 54.2 Å². The third-order valence-electron chi connectivity index (χ3n) is 3.08. The topological polar surface area (TPSA) is 41.1 Å². The van der Waals surface area contributed by atoms with E-state index in [9.17, 15) is 18.0 Å². The first-order valence-electron chi connectivity index (χ1n) is 7.07. The Morgan fingerprint density at radius 2 is 1.73 bits per heavy atom. The normalized spacial score (nSPS) is 11.4. The van der Waals surface area contributed by atoms with Gasteiger partial charge in [-0.25, -0.2) is 0 Å². The van der Waals surface area contributed by atoms with E-state index in [1.165, 1.54) is 6.08 Å². The van der Waals surface area contributed by atoms with Crippen molar-refractivity contribution >= 4 is 58.2 Å². The maximum atomic E-state index is 12.6. The monoisotopic (exact) mass is 418 g/mol. The molecule has 0 saturated carbocycles. The van der Waals surface area contributed by atoms with Crippen molar-refractivity contribution in [3.8, 4) is 0 Å². The van der Waals surface area contributed by atoms with Crippen molar-refractivity contribution in [2.75, 3.05) is 5.32 Å². The number of carbonyl (C=O) groups is 1. The molecule has 3 nitrogen and oxygen atoms in total. The average Bonchev–Trinajstić information content (AvgIpc) is 2.55. The number of anilines is 1. The maximum absolute atomic E-state index is 12.6. The summed E-state index contributed by atoms with van der Waals surface area (Å²) < 4.78 is 37.8. The molecular weight excluding hydrogens is 408 g/mol. The third kappa shape index (κ3) is 6.01. The SMILES string of the molecule is O=C(/C=C/c1ccc(Cl)cc1)NC(=S)Nc1ccc(C(F)(F)F)cc1Cl. The molecule has 2 rings (SSSR count). The number of alkyl halides is 3. The maximum Gasteiger partial charge on any atom is 0.416 e. The minimum atomic E-state index is -4.50. The number of halogens is 5. The Morgan fingerprint density at radius 3 is 2.31 bits per heavy atom. The summed E-state index contributed by atoms with van der Waals surface area (Å²) in [5.74, 6) is -0.513. The highest BCUT2D eigenvalue weighted by Gasteiger charge is 2.30. The van der Waals surface area contributed by atoms with Crippen LogP contribution in [0.25, 0.3) is 6.08 Å². The minimum absolute atomic E-state index is 0.0996. The highest BCUT2D eigenvalue weighted by molar-refractivity contribution is 7.80. The van der Waals surface area contributed by atoms with Crippen molar-refractivity contribution in [3.05, 3.63) is 69.7 Å². The fraction of sp³-hybridized carbons (Fsp3) is 0.0588. The molecule has 2 N–H and O–H groups in total. The highest BCUT2D eigenvalue weighted by Crippen LogP contribution is 2.33. The molecular formula is C17H11Cl2F3N2OS. The van der Waals surface area contributed by atoms with E-state index in [-0.39, 0.29) is 15.8 Å². The lowest BCUT2D eigenvalue weighted by molar-refractivity contribution is -0.137. The van der Waals surface area contributed by atoms with Crippen LogP contribution in [0.1, 0.15) is 11.1 Å². The number of thiocarbonyl (C=S) groups is 1. The minimum Gasteiger partial charge on any atom is -0.331 e. The number of amides is 1. The largest absolute Gasteiger partial charge is 0.416 e. The first-order valence-corrected chi connectivity index (χ1v) is 8.24. The lowest BCUT2D eigenvalue weighted by Gasteiger charge is -2.12. The summed E-state index contributed by atoms with van der Waals surface area (Å²) in [5.41, 5.74) is 0.0229. The molecule has 1 amide bonds. The van der Waals surface area contributed by atoms with Gasteiger partial charge in [0.2, 0.25) is 5.91 Å². The molecule has 9 heteroatoms. The molecule has 26 heavy (non-hydrogen) atoms. The van der Waals surface area contributed by atoms with E-state index >= 15 is 0 Å². The molecule has 0 spiro atoms. The zero-order valence-corrected chi connectivity index (χ0v) is 15.2. The summed E-state index contributed by atoms with van der Waals surface area (Å²) >= 11 is 16.5. The molecule has 0 radical (unpaired) electrons. The number of rotatable bonds is 3. The molecule has 0 heterocycles. The van der Waals surface area contributed by atoms with Gasteiger partial charge in [0.15, 0.2) is 5.11 Å². The Kier molecular flexibility index (Phi) is 6.63. The van der Waals surface area contributed by atoms with Gasteiger partial charge < -0.3 is 5.32 Å². The van der Waals surface area contributed by atoms with Crippen molar-refractivity contribution in [2.24, 2.45) is 0 Å². The smallest absolute Gasteiger partial charge is 0.331 e. The van der Waals surface area contributed by atoms with Crippen molar-refractivity contribution in [3.63, 3.8) is 0 Å². The quantitative estimate of drug-likeness (QED) is 0.507. The molecule has 0 aliphatic carbocycles. The highest BCUT2D eigenvalue weighted by atomic mass is 35.5. The van der Waals surface area contributed by atoms with Crippen molar-refractivity contribution < 1.29 is 18.0 Å². The standard InChI is InChI=1S/C17H11Cl2F3N2OS/c18-12-5-1-10(2-6-12)3-8-15(25)24-16(26)23-14-7-4-11(9-13(14)19)17(20,21)22/h1-9H,(H2,23,24,25,26)/b8-3+. The van der Waals surface area contributed by atoms with E-state index in [4.69, 9.17) is 35.4 Å². The number of benzene rings is 2. The van der Waals surface area contributed by atoms with Crippen LogP contribution in [0.3, 0.4) is 0 Å². The Morgan fingerprint density at radius 1 is 1.08 bits per heavy atom. The van der Waals surface area contributed by atoms with E-state index in [2.05, 4.69) is 10.6 Å². The summed E-state index contributed by atoms with van der Waals surface area (Å²) in [6.45, 7) is 0. The molecule has 2 aromatic rings. The molecule has 0 saturated heterocycles. The Hall–Kier alpha value is -2.09. The zero-order chi connectivity index (χ0) is 19.3. The fourth-order valence-electron chi connectivity index (χ4n) is 1.85. The van der Waals surface area contributed by atoms with Gasteiger partial charge in [0.1, 0.15) is 0 Å². The number of nitrogens with one attached hydrogen (secondary N) is 2. The van der Waals surface area contributed by atoms with Gasteiger partial charge in [0.05, 0.1) is 16.3 Å². The van der Waals surface area contributed by atoms with E-state index in [0.29, 0.717) is 5.02 Å². The summed E-state index contributed by atoms with van der Waals surface area (Å²) in [6, 6.07) is 9.58. The first-order chi connectivity index (χ1) is 12.1. The van der Waals surface area contributed by atoms with E-state index in [0.717, 1.165) is 23.8 Å². The Bertz CT molecular complexity index is 852. The molecule has 0 atom stereocenters. The van der Waals surface area contributed by atoms with Crippen LogP contribution >= 0.6 is 35.4 Å². The second-order valence-corrected chi connectivity index (χ2v) is 6.27. The molecule has 0 aromatic heterocycles. The zero-order valence-electron chi connectivity index (χ0n) is 12.9. The van der Waals surface area contributed by atoms with Crippen molar-refractivity contribution in [2.45, 2.75) is 6.18 Å². The lowest BCUT2D eigenvalue weighted by Crippen LogP contribution is -2.32. The van der Waals surface area contributed by atoms with E-state index in [1.54, 1.807) is 30.3 Å². The van der Waals surface area contributed by atoms with E-state index in [1.807, 2.05) is 0 Å². The fourth-order valence-corrected chi connectivity index (χ4v) is 2.41. The van der Waals surface area contributed by atoms with E-state index < -0.39 is 17.6 Å². The summed E-state index contributed by atoms with van der Waals surface area (Å²) in [4.78, 5) is 11.8. The summed E-state index contributed by atoms with van der Waals surface area (Å²) in [7, 11) is 0. The van der Waals surface area contributed by atoms with Gasteiger partial charge in [-0.2, -0.15) is 13.2 Å². The molecule has 0 aliphatic rings. The summed E-state index contributed by atoms with van der Waals surface area (Å²) in [5, 5.41) is 5.25. The predicted molar refractivity (Wildman–Crippen MR) is 101 cm³/mol. The van der Waals surface area contributed by atoms with Crippen LogP contribution in [0.15, 0.2) is 48.5 Å². The van der Waals surface area contributed by atoms with Crippen LogP contribution in [-0.2, 0) is 11.0 Å². The lowest BCUT2D eigenvalue weighted by atomic mass is 10.2. The van der Waals surface area contributed by atoms with Crippen LogP contribution in [0, 0.1) is 0 Å². The molecule has 0 fully saturated rings. The van der Waals surface area contributed by atoms with Crippen LogP contribution in [-0.4, -0.2) is 11.0 Å². The van der Waals surface area contributed by atoms with Crippen LogP contribution < -0.4 is 10.6 Å². The van der Waals surface area contributed by atoms with Gasteiger partial charge in [-0.15, -0.1) is 0 Å². The van der Waals surface area contributed by atoms with Crippen molar-refractivity contribution in [1.82, 2.24) is 5.32 Å². The second-order valence-electron chi connectivity index (χ2n) is 5.02. The number of hydrogen-bond donors (Lipinski definition) is 2. The number of carbonyl (C=O) groups excluding carboxylic acids is 1. The first kappa shape index (κ1) is 20.2. The van der Waals surface area contributed by atoms with Crippen molar-refractivity contribution in [1.29, 1.82) is 0 Å². The molecule has 2 aromatic carbocycles. The molecule has 0 unspecified atom stereocenters. The summed E-state index contributed by atoms with van der Waals surface area (Å²) in [6.07, 6.45) is -1.69. The molecule has 0 aliphatic heterocycles. The Balaban J connectivity index is 1.95. The van der Waals surface area contributed by atoms with Gasteiger partial charge in [0, 0.05) is 11.1 Å². The van der Waals surface area contributed by atoms with Crippen LogP contribution in [0.5, 0.6) is 0 Å². The Labute approximate surface area is 162 Å².